The van der Waals surface area contributed by atoms with Crippen LogP contribution in [0.25, 0.3) is 0 Å². The van der Waals surface area contributed by atoms with Gasteiger partial charge in [-0.1, -0.05) is 0 Å². The number of hydrogen-bond donors (Lipinski definition) is 0. The molecule has 8 nitrogen and oxygen atoms in total. The smallest absolute Gasteiger partial charge is 0.389 e. The first-order valence-corrected chi connectivity index (χ1v) is 5.81. The molecular weight excluding hydrogens is 254 g/mol. The van der Waals surface area contributed by atoms with Crippen LogP contribution in [-0.2, 0) is 0 Å². The van der Waals surface area contributed by atoms with E-state index in [4.69, 9.17) is 4.74 Å². The molecule has 19 heavy (non-hydrogen) atoms. The van der Waals surface area contributed by atoms with Crippen molar-refractivity contribution in [3.05, 3.63) is 32.4 Å². The summed E-state index contributed by atoms with van der Waals surface area (Å²) in [4.78, 5) is 22.6. The Morgan fingerprint density at radius 3 is 2.16 bits per heavy atom. The lowest BCUT2D eigenvalue weighted by molar-refractivity contribution is -0.422. The Morgan fingerprint density at radius 2 is 1.68 bits per heavy atom. The van der Waals surface area contributed by atoms with Gasteiger partial charge >= 0.3 is 11.4 Å². The highest BCUT2D eigenvalue weighted by Gasteiger charge is 2.36. The van der Waals surface area contributed by atoms with Crippen LogP contribution >= 0.6 is 0 Å². The molecule has 0 saturated carbocycles. The lowest BCUT2D eigenvalue weighted by Crippen LogP contribution is -2.19. The molecule has 0 unspecified atom stereocenters. The highest BCUT2D eigenvalue weighted by Crippen LogP contribution is 2.44. The maximum atomic E-state index is 11.2. The first kappa shape index (κ1) is 13.1. The van der Waals surface area contributed by atoms with E-state index in [-0.39, 0.29) is 11.4 Å². The fraction of sp³-hybridized carbons (Fsp3) is 0.455. The molecule has 1 saturated heterocycles. The second kappa shape index (κ2) is 5.09. The van der Waals surface area contributed by atoms with Gasteiger partial charge in [0.2, 0.25) is 5.75 Å². The van der Waals surface area contributed by atoms with Gasteiger partial charge in [-0.2, -0.15) is 0 Å². The third-order valence-electron chi connectivity index (χ3n) is 3.12. The molecule has 0 aromatic heterocycles. The van der Waals surface area contributed by atoms with Gasteiger partial charge < -0.3 is 9.64 Å². The highest BCUT2D eigenvalue weighted by atomic mass is 16.6. The zero-order valence-electron chi connectivity index (χ0n) is 10.4. The summed E-state index contributed by atoms with van der Waals surface area (Å²) in [5, 5.41) is 22.3. The number of benzene rings is 1. The summed E-state index contributed by atoms with van der Waals surface area (Å²) in [5.74, 6) is -0.0975. The van der Waals surface area contributed by atoms with Crippen molar-refractivity contribution >= 4 is 17.1 Å². The minimum atomic E-state index is -0.767. The Bertz CT molecular complexity index is 525. The third-order valence-corrected chi connectivity index (χ3v) is 3.12. The van der Waals surface area contributed by atoms with Crippen molar-refractivity contribution in [2.24, 2.45) is 0 Å². The van der Waals surface area contributed by atoms with E-state index < -0.39 is 21.2 Å². The first-order valence-electron chi connectivity index (χ1n) is 5.81. The summed E-state index contributed by atoms with van der Waals surface area (Å²) in [7, 11) is 1.25. The van der Waals surface area contributed by atoms with E-state index in [0.717, 1.165) is 12.8 Å². The summed E-state index contributed by atoms with van der Waals surface area (Å²) in [5.41, 5.74) is -0.793. The topological polar surface area (TPSA) is 98.8 Å². The van der Waals surface area contributed by atoms with Crippen LogP contribution < -0.4 is 9.64 Å². The van der Waals surface area contributed by atoms with Gasteiger partial charge in [-0.25, -0.2) is 0 Å². The molecule has 0 amide bonds. The van der Waals surface area contributed by atoms with Crippen LogP contribution in [0.2, 0.25) is 0 Å². The van der Waals surface area contributed by atoms with Crippen molar-refractivity contribution in [2.75, 3.05) is 25.1 Å². The summed E-state index contributed by atoms with van der Waals surface area (Å²) in [6, 6.07) is 2.91. The Labute approximate surface area is 108 Å². The van der Waals surface area contributed by atoms with Crippen molar-refractivity contribution in [2.45, 2.75) is 12.8 Å². The third kappa shape index (κ3) is 2.28. The van der Waals surface area contributed by atoms with E-state index in [1.165, 1.54) is 19.2 Å². The molecule has 0 aliphatic carbocycles. The van der Waals surface area contributed by atoms with E-state index >= 15 is 0 Å². The predicted molar refractivity (Wildman–Crippen MR) is 67.7 cm³/mol. The molecule has 1 fully saturated rings. The number of hydrogen-bond acceptors (Lipinski definition) is 6. The van der Waals surface area contributed by atoms with Gasteiger partial charge in [0.15, 0.2) is 0 Å². The lowest BCUT2D eigenvalue weighted by atomic mass is 10.2. The monoisotopic (exact) mass is 267 g/mol. The Morgan fingerprint density at radius 1 is 1.11 bits per heavy atom. The largest absolute Gasteiger partial charge is 0.490 e. The average Bonchev–Trinajstić information content (AvgIpc) is 2.90. The lowest BCUT2D eigenvalue weighted by Gasteiger charge is -2.17. The molecule has 1 heterocycles. The zero-order chi connectivity index (χ0) is 14.0. The molecule has 0 atom stereocenters. The first-order chi connectivity index (χ1) is 9.06. The number of anilines is 1. The van der Waals surface area contributed by atoms with Gasteiger partial charge in [0.1, 0.15) is 5.69 Å². The van der Waals surface area contributed by atoms with Crippen LogP contribution in [0.5, 0.6) is 5.75 Å². The van der Waals surface area contributed by atoms with E-state index in [1.807, 2.05) is 0 Å². The standard InChI is InChI=1S/C11H13N3O5/c1-19-9-5-4-8(12-6-2-3-7-12)10(13(15)16)11(9)14(17)18/h4-5H,2-3,6-7H2,1H3. The SMILES string of the molecule is COc1ccc(N2CCCC2)c([N+](=O)[O-])c1[N+](=O)[O-]. The maximum Gasteiger partial charge on any atom is 0.389 e. The summed E-state index contributed by atoms with van der Waals surface area (Å²) in [6.45, 7) is 1.34. The minimum Gasteiger partial charge on any atom is -0.490 e. The molecule has 2 rings (SSSR count). The number of nitro benzene ring substituents is 2. The van der Waals surface area contributed by atoms with Crippen LogP contribution in [0.15, 0.2) is 12.1 Å². The van der Waals surface area contributed by atoms with E-state index in [1.54, 1.807) is 4.90 Å². The van der Waals surface area contributed by atoms with Crippen LogP contribution in [-0.4, -0.2) is 30.0 Å². The van der Waals surface area contributed by atoms with Crippen molar-refractivity contribution in [1.29, 1.82) is 0 Å². The van der Waals surface area contributed by atoms with Gasteiger partial charge in [0.25, 0.3) is 0 Å². The zero-order valence-corrected chi connectivity index (χ0v) is 10.4. The Hall–Kier alpha value is -2.38. The summed E-state index contributed by atoms with van der Waals surface area (Å²) >= 11 is 0. The summed E-state index contributed by atoms with van der Waals surface area (Å²) < 4.78 is 4.85. The number of nitro groups is 2. The number of ether oxygens (including phenoxy) is 1. The fourth-order valence-electron chi connectivity index (χ4n) is 2.28. The normalized spacial score (nSPS) is 14.5. The molecule has 0 spiro atoms. The second-order valence-corrected chi connectivity index (χ2v) is 4.19. The van der Waals surface area contributed by atoms with Gasteiger partial charge in [0.05, 0.1) is 17.0 Å². The Balaban J connectivity index is 2.64. The van der Waals surface area contributed by atoms with Gasteiger partial charge in [-0.05, 0) is 25.0 Å². The Kier molecular flexibility index (Phi) is 3.50. The van der Waals surface area contributed by atoms with Gasteiger partial charge in [-0.3, -0.25) is 20.2 Å². The maximum absolute atomic E-state index is 11.2. The summed E-state index contributed by atoms with van der Waals surface area (Å²) in [6.07, 6.45) is 1.86. The molecule has 1 aliphatic rings. The van der Waals surface area contributed by atoms with Crippen LogP contribution in [0.3, 0.4) is 0 Å². The molecule has 0 radical (unpaired) electrons. The van der Waals surface area contributed by atoms with E-state index in [0.29, 0.717) is 13.1 Å². The number of rotatable bonds is 4. The highest BCUT2D eigenvalue weighted by molar-refractivity contribution is 5.77. The van der Waals surface area contributed by atoms with Crippen LogP contribution in [0.4, 0.5) is 17.1 Å². The molecule has 102 valence electrons. The van der Waals surface area contributed by atoms with Crippen molar-refractivity contribution < 1.29 is 14.6 Å². The van der Waals surface area contributed by atoms with Crippen molar-refractivity contribution in [1.82, 2.24) is 0 Å². The number of methoxy groups -OCH3 is 1. The molecule has 0 N–H and O–H groups in total. The predicted octanol–water partition coefficient (Wildman–Crippen LogP) is 2.11. The minimum absolute atomic E-state index is 0.0975. The molecule has 8 heteroatoms. The quantitative estimate of drug-likeness (QED) is 0.612. The molecular formula is C11H13N3O5. The van der Waals surface area contributed by atoms with Crippen molar-refractivity contribution in [3.8, 4) is 5.75 Å². The van der Waals surface area contributed by atoms with Gasteiger partial charge in [-0.15, -0.1) is 0 Å². The van der Waals surface area contributed by atoms with Gasteiger partial charge in [0, 0.05) is 13.1 Å². The van der Waals surface area contributed by atoms with Crippen LogP contribution in [0, 0.1) is 20.2 Å². The van der Waals surface area contributed by atoms with E-state index in [9.17, 15) is 20.2 Å². The molecule has 1 aliphatic heterocycles. The van der Waals surface area contributed by atoms with E-state index in [2.05, 4.69) is 0 Å². The molecule has 0 bridgehead atoms. The number of nitrogens with zero attached hydrogens (tertiary/aromatic N) is 3. The fourth-order valence-corrected chi connectivity index (χ4v) is 2.28. The molecule has 1 aromatic carbocycles. The second-order valence-electron chi connectivity index (χ2n) is 4.19. The average molecular weight is 267 g/mol. The molecule has 1 aromatic rings. The van der Waals surface area contributed by atoms with Crippen LogP contribution in [0.1, 0.15) is 12.8 Å². The van der Waals surface area contributed by atoms with Crippen molar-refractivity contribution in [3.63, 3.8) is 0 Å².